The molecular formula is C25H28N2O7. The average molecular weight is 469 g/mol. The van der Waals surface area contributed by atoms with Crippen molar-refractivity contribution in [1.82, 2.24) is 9.88 Å². The molecule has 1 atom stereocenters. The predicted molar refractivity (Wildman–Crippen MR) is 122 cm³/mol. The number of nitrogens with one attached hydrogen (secondary N) is 1. The SMILES string of the molecule is CCOC(=O)c1c(C)[nH]c(C(=O)COC(=O)[C@@H](CC(C)C)N2C(=O)c3ccccc3C2=O)c1C. The zero-order valence-electron chi connectivity index (χ0n) is 19.9. The highest BCUT2D eigenvalue weighted by molar-refractivity contribution is 6.22. The number of aryl methyl sites for hydroxylation is 1. The molecule has 0 bridgehead atoms. The van der Waals surface area contributed by atoms with Crippen molar-refractivity contribution in [3.05, 3.63) is 57.9 Å². The number of ketones is 1. The molecule has 180 valence electrons. The Morgan fingerprint density at radius 3 is 2.12 bits per heavy atom. The monoisotopic (exact) mass is 468 g/mol. The molecule has 0 saturated heterocycles. The van der Waals surface area contributed by atoms with Gasteiger partial charge in [-0.2, -0.15) is 0 Å². The van der Waals surface area contributed by atoms with Crippen LogP contribution in [0.1, 0.15) is 80.0 Å². The van der Waals surface area contributed by atoms with Crippen LogP contribution in [0.25, 0.3) is 0 Å². The van der Waals surface area contributed by atoms with Crippen molar-refractivity contribution in [3.8, 4) is 0 Å². The van der Waals surface area contributed by atoms with E-state index in [9.17, 15) is 24.0 Å². The minimum atomic E-state index is -1.17. The van der Waals surface area contributed by atoms with Gasteiger partial charge in [-0.25, -0.2) is 9.59 Å². The first-order chi connectivity index (χ1) is 16.1. The number of benzene rings is 1. The smallest absolute Gasteiger partial charge is 0.340 e. The second kappa shape index (κ2) is 10.0. The molecule has 0 spiro atoms. The van der Waals surface area contributed by atoms with Gasteiger partial charge in [-0.1, -0.05) is 26.0 Å². The zero-order chi connectivity index (χ0) is 25.2. The molecule has 0 radical (unpaired) electrons. The van der Waals surface area contributed by atoms with Gasteiger partial charge in [0.15, 0.2) is 6.61 Å². The Morgan fingerprint density at radius 1 is 1.00 bits per heavy atom. The average Bonchev–Trinajstić information content (AvgIpc) is 3.23. The highest BCUT2D eigenvalue weighted by Crippen LogP contribution is 2.27. The van der Waals surface area contributed by atoms with E-state index in [4.69, 9.17) is 9.47 Å². The summed E-state index contributed by atoms with van der Waals surface area (Å²) < 4.78 is 10.3. The number of aromatic nitrogens is 1. The molecule has 2 aromatic rings. The Labute approximate surface area is 197 Å². The maximum Gasteiger partial charge on any atom is 0.340 e. The number of amides is 2. The number of nitrogens with zero attached hydrogens (tertiary/aromatic N) is 1. The number of Topliss-reactive ketones (excluding diaryl/α,β-unsaturated/α-hetero) is 1. The Kier molecular flexibility index (Phi) is 7.34. The van der Waals surface area contributed by atoms with Gasteiger partial charge >= 0.3 is 11.9 Å². The van der Waals surface area contributed by atoms with E-state index in [1.165, 1.54) is 12.1 Å². The molecule has 0 fully saturated rings. The summed E-state index contributed by atoms with van der Waals surface area (Å²) in [6.07, 6.45) is 0.187. The number of fused-ring (bicyclic) bond motifs is 1. The van der Waals surface area contributed by atoms with E-state index in [0.29, 0.717) is 11.3 Å². The summed E-state index contributed by atoms with van der Waals surface area (Å²) in [4.78, 5) is 67.5. The molecule has 0 unspecified atom stereocenters. The number of H-pyrrole nitrogens is 1. The van der Waals surface area contributed by atoms with Crippen LogP contribution < -0.4 is 0 Å². The summed E-state index contributed by atoms with van der Waals surface area (Å²) in [7, 11) is 0. The molecule has 0 saturated carbocycles. The number of aromatic amines is 1. The van der Waals surface area contributed by atoms with Crippen molar-refractivity contribution in [2.45, 2.75) is 47.1 Å². The summed E-state index contributed by atoms with van der Waals surface area (Å²) in [6, 6.07) is 5.20. The topological polar surface area (TPSA) is 123 Å². The van der Waals surface area contributed by atoms with Gasteiger partial charge in [0.1, 0.15) is 6.04 Å². The zero-order valence-corrected chi connectivity index (χ0v) is 19.9. The number of hydrogen-bond donors (Lipinski definition) is 1. The number of hydrogen-bond acceptors (Lipinski definition) is 7. The molecule has 2 heterocycles. The van der Waals surface area contributed by atoms with E-state index in [-0.39, 0.29) is 41.3 Å². The lowest BCUT2D eigenvalue weighted by atomic mass is 10.0. The quantitative estimate of drug-likeness (QED) is 0.340. The van der Waals surface area contributed by atoms with Crippen LogP contribution in [-0.2, 0) is 14.3 Å². The second-order valence-corrected chi connectivity index (χ2v) is 8.55. The van der Waals surface area contributed by atoms with Crippen LogP contribution in [0.15, 0.2) is 24.3 Å². The van der Waals surface area contributed by atoms with E-state index < -0.39 is 42.2 Å². The maximum absolute atomic E-state index is 13.0. The first-order valence-corrected chi connectivity index (χ1v) is 11.1. The second-order valence-electron chi connectivity index (χ2n) is 8.55. The molecule has 9 nitrogen and oxygen atoms in total. The van der Waals surface area contributed by atoms with E-state index >= 15 is 0 Å². The molecule has 3 rings (SSSR count). The van der Waals surface area contributed by atoms with Crippen LogP contribution in [0.5, 0.6) is 0 Å². The van der Waals surface area contributed by atoms with E-state index in [0.717, 1.165) is 4.90 Å². The number of carbonyl (C=O) groups is 5. The Morgan fingerprint density at radius 2 is 1.59 bits per heavy atom. The Balaban J connectivity index is 1.77. The van der Waals surface area contributed by atoms with Crippen LogP contribution >= 0.6 is 0 Å². The van der Waals surface area contributed by atoms with Crippen LogP contribution in [-0.4, -0.2) is 58.7 Å². The summed E-state index contributed by atoms with van der Waals surface area (Å²) in [5.41, 5.74) is 1.73. The van der Waals surface area contributed by atoms with E-state index in [2.05, 4.69) is 4.98 Å². The third kappa shape index (κ3) is 4.64. The van der Waals surface area contributed by atoms with Crippen molar-refractivity contribution in [2.75, 3.05) is 13.2 Å². The lowest BCUT2D eigenvalue weighted by Crippen LogP contribution is -2.46. The number of imide groups is 1. The third-order valence-electron chi connectivity index (χ3n) is 5.65. The predicted octanol–water partition coefficient (Wildman–Crippen LogP) is 3.25. The van der Waals surface area contributed by atoms with Gasteiger partial charge in [-0.05, 0) is 50.8 Å². The fourth-order valence-corrected chi connectivity index (χ4v) is 4.09. The fourth-order valence-electron chi connectivity index (χ4n) is 4.09. The fraction of sp³-hybridized carbons (Fsp3) is 0.400. The number of esters is 2. The highest BCUT2D eigenvalue weighted by atomic mass is 16.5. The molecule has 1 N–H and O–H groups in total. The van der Waals surface area contributed by atoms with Gasteiger partial charge in [-0.3, -0.25) is 19.3 Å². The largest absolute Gasteiger partial charge is 0.462 e. The summed E-state index contributed by atoms with van der Waals surface area (Å²) >= 11 is 0. The molecule has 0 aliphatic carbocycles. The van der Waals surface area contributed by atoms with Gasteiger partial charge in [0.2, 0.25) is 5.78 Å². The van der Waals surface area contributed by atoms with Crippen molar-refractivity contribution in [2.24, 2.45) is 5.92 Å². The number of rotatable bonds is 9. The van der Waals surface area contributed by atoms with Gasteiger partial charge in [0, 0.05) is 5.69 Å². The summed E-state index contributed by atoms with van der Waals surface area (Å²) in [5, 5.41) is 0. The van der Waals surface area contributed by atoms with Crippen LogP contribution in [0, 0.1) is 19.8 Å². The van der Waals surface area contributed by atoms with Crippen LogP contribution in [0.3, 0.4) is 0 Å². The van der Waals surface area contributed by atoms with Gasteiger partial charge < -0.3 is 14.5 Å². The summed E-state index contributed by atoms with van der Waals surface area (Å²) in [6.45, 7) is 8.21. The van der Waals surface area contributed by atoms with Crippen molar-refractivity contribution in [3.63, 3.8) is 0 Å². The standard InChI is InChI=1S/C25H28N2O7/c1-6-33-25(32)20-14(4)21(26-15(20)5)19(28)12-34-24(31)18(11-13(2)3)27-22(29)16-9-7-8-10-17(16)23(27)30/h7-10,13,18,26H,6,11-12H2,1-5H3/t18-/m1/s1. The molecular weight excluding hydrogens is 440 g/mol. The van der Waals surface area contributed by atoms with Crippen molar-refractivity contribution < 1.29 is 33.4 Å². The van der Waals surface area contributed by atoms with Crippen LogP contribution in [0.2, 0.25) is 0 Å². The van der Waals surface area contributed by atoms with E-state index in [1.807, 2.05) is 13.8 Å². The van der Waals surface area contributed by atoms with E-state index in [1.54, 1.807) is 32.9 Å². The van der Waals surface area contributed by atoms with Gasteiger partial charge in [0.05, 0.1) is 29.0 Å². The molecule has 1 aliphatic rings. The minimum absolute atomic E-state index is 0.0296. The Bertz CT molecular complexity index is 1130. The number of carbonyl (C=O) groups excluding carboxylic acids is 5. The maximum atomic E-state index is 13.0. The first-order valence-electron chi connectivity index (χ1n) is 11.1. The van der Waals surface area contributed by atoms with Crippen molar-refractivity contribution in [1.29, 1.82) is 0 Å². The normalized spacial score (nSPS) is 13.8. The van der Waals surface area contributed by atoms with Crippen LogP contribution in [0.4, 0.5) is 0 Å². The molecule has 9 heteroatoms. The molecule has 2 amide bonds. The van der Waals surface area contributed by atoms with Gasteiger partial charge in [-0.15, -0.1) is 0 Å². The number of ether oxygens (including phenoxy) is 2. The molecule has 1 aromatic heterocycles. The molecule has 1 aromatic carbocycles. The van der Waals surface area contributed by atoms with Crippen molar-refractivity contribution >= 4 is 29.5 Å². The Hall–Kier alpha value is -3.75. The minimum Gasteiger partial charge on any atom is -0.462 e. The first kappa shape index (κ1) is 24.9. The lowest BCUT2D eigenvalue weighted by Gasteiger charge is -2.25. The molecule has 1 aliphatic heterocycles. The highest BCUT2D eigenvalue weighted by Gasteiger charge is 2.43. The summed E-state index contributed by atoms with van der Waals surface area (Å²) in [5.74, 6) is -3.10. The lowest BCUT2D eigenvalue weighted by molar-refractivity contribution is -0.147. The third-order valence-corrected chi connectivity index (χ3v) is 5.65. The van der Waals surface area contributed by atoms with Gasteiger partial charge in [0.25, 0.3) is 11.8 Å². The molecule has 34 heavy (non-hydrogen) atoms.